The Bertz CT molecular complexity index is 1050. The number of fused-ring (bicyclic) bond motifs is 1. The lowest BCUT2D eigenvalue weighted by molar-refractivity contribution is -0.384. The zero-order valence-corrected chi connectivity index (χ0v) is 18.0. The molecule has 0 saturated heterocycles. The summed E-state index contributed by atoms with van der Waals surface area (Å²) in [6, 6.07) is 11.1. The predicted octanol–water partition coefficient (Wildman–Crippen LogP) is 5.53. The van der Waals surface area contributed by atoms with Gasteiger partial charge in [0.1, 0.15) is 18.7 Å². The number of nitrogens with zero attached hydrogens (tertiary/aromatic N) is 3. The van der Waals surface area contributed by atoms with Crippen LogP contribution in [-0.2, 0) is 11.5 Å². The molecular weight excluding hydrogens is 412 g/mol. The van der Waals surface area contributed by atoms with Gasteiger partial charge in [0.2, 0.25) is 0 Å². The van der Waals surface area contributed by atoms with Gasteiger partial charge in [-0.05, 0) is 28.9 Å². The van der Waals surface area contributed by atoms with Crippen molar-refractivity contribution in [2.24, 2.45) is 0 Å². The van der Waals surface area contributed by atoms with Gasteiger partial charge >= 0.3 is 12.3 Å². The summed E-state index contributed by atoms with van der Waals surface area (Å²) < 4.78 is 37.8. The van der Waals surface area contributed by atoms with E-state index in [2.05, 4.69) is 24.7 Å². The summed E-state index contributed by atoms with van der Waals surface area (Å²) in [5.41, 5.74) is -0.0837. The highest BCUT2D eigenvalue weighted by atomic mass is 28.3. The molecule has 0 N–H and O–H groups in total. The average molecular weight is 436 g/mol. The summed E-state index contributed by atoms with van der Waals surface area (Å²) in [6.45, 7) is 4.01. The molecule has 3 aromatic rings. The number of benzene rings is 2. The summed E-state index contributed by atoms with van der Waals surface area (Å²) in [5, 5.41) is 17.1. The quantitative estimate of drug-likeness (QED) is 0.191. The van der Waals surface area contributed by atoms with Gasteiger partial charge in [0.25, 0.3) is 0 Å². The summed E-state index contributed by atoms with van der Waals surface area (Å²) in [5.74, 6) is -0.157. The first-order valence-corrected chi connectivity index (χ1v) is 13.1. The third kappa shape index (κ3) is 5.19. The fraction of sp³-hybridized carbons (Fsp3) is 0.350. The van der Waals surface area contributed by atoms with Crippen molar-refractivity contribution >= 4 is 24.5 Å². The molecule has 0 aliphatic rings. The maximum absolute atomic E-state index is 13.1. The Hall–Kier alpha value is -2.85. The van der Waals surface area contributed by atoms with Crippen LogP contribution in [0.4, 0.5) is 14.5 Å². The first-order chi connectivity index (χ1) is 14.2. The smallest absolute Gasteiger partial charge is 0.387 e. The van der Waals surface area contributed by atoms with Crippen LogP contribution in [0.25, 0.3) is 22.0 Å². The highest BCUT2D eigenvalue weighted by Gasteiger charge is 2.26. The van der Waals surface area contributed by atoms with Gasteiger partial charge in [-0.3, -0.25) is 10.1 Å². The van der Waals surface area contributed by atoms with Gasteiger partial charge in [-0.15, -0.1) is 0 Å². The number of halogens is 2. The second-order valence-electron chi connectivity index (χ2n) is 8.06. The van der Waals surface area contributed by atoms with E-state index in [1.165, 1.54) is 10.7 Å². The maximum atomic E-state index is 13.1. The van der Waals surface area contributed by atoms with Gasteiger partial charge in [-0.1, -0.05) is 43.9 Å². The molecule has 0 saturated carbocycles. The van der Waals surface area contributed by atoms with Crippen LogP contribution in [0.5, 0.6) is 5.75 Å². The van der Waals surface area contributed by atoms with E-state index in [4.69, 9.17) is 9.47 Å². The SMILES string of the molecule is C[Si](C)(C)CCOCn1ncc([N+](=O)[O-])c1-c1cc2ccccc2cc1OC(F)F. The lowest BCUT2D eigenvalue weighted by atomic mass is 10.0. The largest absolute Gasteiger partial charge is 0.434 e. The predicted molar refractivity (Wildman–Crippen MR) is 113 cm³/mol. The Morgan fingerprint density at radius 2 is 1.87 bits per heavy atom. The molecule has 0 aliphatic heterocycles. The van der Waals surface area contributed by atoms with Crippen LogP contribution in [0.1, 0.15) is 0 Å². The van der Waals surface area contributed by atoms with Crippen molar-refractivity contribution < 1.29 is 23.2 Å². The Morgan fingerprint density at radius 3 is 2.47 bits per heavy atom. The van der Waals surface area contributed by atoms with Crippen LogP contribution < -0.4 is 4.74 Å². The van der Waals surface area contributed by atoms with Crippen molar-refractivity contribution in [1.29, 1.82) is 0 Å². The number of hydrogen-bond acceptors (Lipinski definition) is 5. The van der Waals surface area contributed by atoms with Crippen molar-refractivity contribution in [3.8, 4) is 17.0 Å². The zero-order valence-electron chi connectivity index (χ0n) is 17.0. The second kappa shape index (κ2) is 8.88. The van der Waals surface area contributed by atoms with Crippen molar-refractivity contribution in [2.75, 3.05) is 6.61 Å². The fourth-order valence-electron chi connectivity index (χ4n) is 3.01. The highest BCUT2D eigenvalue weighted by molar-refractivity contribution is 6.76. The minimum atomic E-state index is -3.08. The summed E-state index contributed by atoms with van der Waals surface area (Å²) >= 11 is 0. The summed E-state index contributed by atoms with van der Waals surface area (Å²) in [7, 11) is -1.31. The van der Waals surface area contributed by atoms with Gasteiger partial charge < -0.3 is 9.47 Å². The minimum absolute atomic E-state index is 0.0331. The molecule has 0 fully saturated rings. The van der Waals surface area contributed by atoms with E-state index in [0.29, 0.717) is 12.0 Å². The zero-order chi connectivity index (χ0) is 21.9. The summed E-state index contributed by atoms with van der Waals surface area (Å²) in [6.07, 6.45) is 1.10. The maximum Gasteiger partial charge on any atom is 0.387 e. The van der Waals surface area contributed by atoms with Crippen LogP contribution in [0, 0.1) is 10.1 Å². The molecule has 0 aliphatic carbocycles. The topological polar surface area (TPSA) is 79.4 Å². The van der Waals surface area contributed by atoms with Crippen molar-refractivity contribution in [3.63, 3.8) is 0 Å². The normalized spacial score (nSPS) is 11.9. The molecule has 0 amide bonds. The first kappa shape index (κ1) is 21.8. The molecule has 30 heavy (non-hydrogen) atoms. The highest BCUT2D eigenvalue weighted by Crippen LogP contribution is 2.39. The standard InChI is InChI=1S/C20H23F2N3O4Si/c1-30(2,3)9-8-28-13-24-19(17(12-23-24)25(26)27)16-10-14-6-4-5-7-15(14)11-18(16)29-20(21)22/h4-7,10-12,20H,8-9,13H2,1-3H3. The van der Waals surface area contributed by atoms with E-state index in [1.54, 1.807) is 30.3 Å². The van der Waals surface area contributed by atoms with E-state index < -0.39 is 19.6 Å². The molecule has 0 unspecified atom stereocenters. The molecular formula is C20H23F2N3O4Si. The van der Waals surface area contributed by atoms with Crippen LogP contribution in [0.3, 0.4) is 0 Å². The average Bonchev–Trinajstić information content (AvgIpc) is 3.07. The molecule has 0 spiro atoms. The molecule has 2 aromatic carbocycles. The Labute approximate surface area is 173 Å². The van der Waals surface area contributed by atoms with E-state index >= 15 is 0 Å². The van der Waals surface area contributed by atoms with Gasteiger partial charge in [0.15, 0.2) is 5.69 Å². The molecule has 0 radical (unpaired) electrons. The third-order valence-corrected chi connectivity index (χ3v) is 6.25. The van der Waals surface area contributed by atoms with Gasteiger partial charge in [-0.2, -0.15) is 13.9 Å². The third-order valence-electron chi connectivity index (χ3n) is 4.55. The lowest BCUT2D eigenvalue weighted by Gasteiger charge is -2.16. The van der Waals surface area contributed by atoms with Crippen LogP contribution in [0.15, 0.2) is 42.6 Å². The minimum Gasteiger partial charge on any atom is -0.434 e. The second-order valence-corrected chi connectivity index (χ2v) is 13.7. The van der Waals surface area contributed by atoms with Gasteiger partial charge in [0.05, 0.1) is 4.92 Å². The Morgan fingerprint density at radius 1 is 1.20 bits per heavy atom. The van der Waals surface area contributed by atoms with E-state index in [1.807, 2.05) is 0 Å². The van der Waals surface area contributed by atoms with Crippen LogP contribution in [0.2, 0.25) is 25.7 Å². The molecule has 160 valence electrons. The first-order valence-electron chi connectivity index (χ1n) is 9.41. The number of ether oxygens (including phenoxy) is 2. The number of nitro groups is 1. The molecule has 0 bridgehead atoms. The fourth-order valence-corrected chi connectivity index (χ4v) is 3.77. The summed E-state index contributed by atoms with van der Waals surface area (Å²) in [4.78, 5) is 11.0. The Balaban J connectivity index is 2.05. The molecule has 10 heteroatoms. The number of alkyl halides is 2. The van der Waals surface area contributed by atoms with Crippen molar-refractivity contribution in [1.82, 2.24) is 9.78 Å². The van der Waals surface area contributed by atoms with Crippen LogP contribution >= 0.6 is 0 Å². The van der Waals surface area contributed by atoms with E-state index in [-0.39, 0.29) is 29.4 Å². The monoisotopic (exact) mass is 435 g/mol. The number of aromatic nitrogens is 2. The number of rotatable bonds is 9. The molecule has 7 nitrogen and oxygen atoms in total. The molecule has 0 atom stereocenters. The van der Waals surface area contributed by atoms with Gasteiger partial charge in [-0.25, -0.2) is 4.68 Å². The van der Waals surface area contributed by atoms with E-state index in [9.17, 15) is 18.9 Å². The van der Waals surface area contributed by atoms with E-state index in [0.717, 1.165) is 17.6 Å². The van der Waals surface area contributed by atoms with Crippen LogP contribution in [-0.4, -0.2) is 36.0 Å². The van der Waals surface area contributed by atoms with Gasteiger partial charge in [0, 0.05) is 20.2 Å². The molecule has 1 heterocycles. The lowest BCUT2D eigenvalue weighted by Crippen LogP contribution is -2.22. The van der Waals surface area contributed by atoms with Crippen molar-refractivity contribution in [2.45, 2.75) is 39.0 Å². The molecule has 1 aromatic heterocycles. The molecule has 3 rings (SSSR count). The van der Waals surface area contributed by atoms with Crippen molar-refractivity contribution in [3.05, 3.63) is 52.7 Å². The Kier molecular flexibility index (Phi) is 6.47. The number of hydrogen-bond donors (Lipinski definition) is 0.